The maximum atomic E-state index is 13.4. The highest BCUT2D eigenvalue weighted by molar-refractivity contribution is 5.67. The van der Waals surface area contributed by atoms with E-state index in [1.165, 1.54) is 13.0 Å². The lowest BCUT2D eigenvalue weighted by Gasteiger charge is -2.11. The SMILES string of the molecule is Cc1ccc(F)c([C@H](O)CC(=O)O)c1F. The fraction of sp³-hybridized carbons (Fsp3) is 0.300. The van der Waals surface area contributed by atoms with E-state index in [0.717, 1.165) is 6.07 Å². The molecule has 0 saturated heterocycles. The summed E-state index contributed by atoms with van der Waals surface area (Å²) in [4.78, 5) is 10.3. The molecule has 0 heterocycles. The zero-order valence-electron chi connectivity index (χ0n) is 8.00. The van der Waals surface area contributed by atoms with Crippen LogP contribution in [0.4, 0.5) is 8.78 Å². The van der Waals surface area contributed by atoms with Gasteiger partial charge in [0.05, 0.1) is 18.1 Å². The number of carbonyl (C=O) groups is 1. The predicted molar refractivity (Wildman–Crippen MR) is 48.3 cm³/mol. The van der Waals surface area contributed by atoms with Crippen molar-refractivity contribution >= 4 is 5.97 Å². The first kappa shape index (κ1) is 11.6. The van der Waals surface area contributed by atoms with E-state index in [2.05, 4.69) is 0 Å². The van der Waals surface area contributed by atoms with Crippen LogP contribution in [0.2, 0.25) is 0 Å². The highest BCUT2D eigenvalue weighted by atomic mass is 19.1. The van der Waals surface area contributed by atoms with Crippen LogP contribution in [0.25, 0.3) is 0 Å². The Balaban J connectivity index is 3.12. The van der Waals surface area contributed by atoms with E-state index < -0.39 is 35.7 Å². The Kier molecular flexibility index (Phi) is 3.36. The second-order valence-electron chi connectivity index (χ2n) is 3.21. The lowest BCUT2D eigenvalue weighted by molar-refractivity contribution is -0.139. The van der Waals surface area contributed by atoms with Crippen LogP contribution in [0, 0.1) is 18.6 Å². The van der Waals surface area contributed by atoms with Crippen LogP contribution in [0.5, 0.6) is 0 Å². The zero-order valence-corrected chi connectivity index (χ0v) is 8.00. The highest BCUT2D eigenvalue weighted by Gasteiger charge is 2.21. The van der Waals surface area contributed by atoms with Crippen molar-refractivity contribution in [3.05, 3.63) is 34.9 Å². The third-order valence-corrected chi connectivity index (χ3v) is 2.02. The van der Waals surface area contributed by atoms with E-state index in [4.69, 9.17) is 5.11 Å². The predicted octanol–water partition coefficient (Wildman–Crippen LogP) is 1.78. The normalized spacial score (nSPS) is 12.5. The van der Waals surface area contributed by atoms with E-state index in [1.807, 2.05) is 0 Å². The summed E-state index contributed by atoms with van der Waals surface area (Å²) in [6.45, 7) is 1.41. The van der Waals surface area contributed by atoms with Crippen molar-refractivity contribution in [1.82, 2.24) is 0 Å². The summed E-state index contributed by atoms with van der Waals surface area (Å²) in [5, 5.41) is 17.7. The molecule has 15 heavy (non-hydrogen) atoms. The van der Waals surface area contributed by atoms with Gasteiger partial charge in [-0.05, 0) is 18.6 Å². The van der Waals surface area contributed by atoms with E-state index >= 15 is 0 Å². The summed E-state index contributed by atoms with van der Waals surface area (Å²) in [5.41, 5.74) is -0.423. The Morgan fingerprint density at radius 2 is 2.07 bits per heavy atom. The first-order valence-corrected chi connectivity index (χ1v) is 4.28. The Morgan fingerprint density at radius 1 is 1.47 bits per heavy atom. The molecule has 3 nitrogen and oxygen atoms in total. The van der Waals surface area contributed by atoms with Gasteiger partial charge in [0.1, 0.15) is 11.6 Å². The van der Waals surface area contributed by atoms with E-state index in [9.17, 15) is 18.7 Å². The maximum absolute atomic E-state index is 13.4. The number of hydrogen-bond donors (Lipinski definition) is 2. The molecule has 0 fully saturated rings. The number of aliphatic hydroxyl groups excluding tert-OH is 1. The van der Waals surface area contributed by atoms with Crippen molar-refractivity contribution in [3.8, 4) is 0 Å². The average Bonchev–Trinajstić information content (AvgIpc) is 2.11. The number of carboxylic acid groups (broad SMARTS) is 1. The fourth-order valence-electron chi connectivity index (χ4n) is 1.25. The van der Waals surface area contributed by atoms with Crippen LogP contribution in [0.3, 0.4) is 0 Å². The summed E-state index contributed by atoms with van der Waals surface area (Å²) in [6, 6.07) is 2.22. The van der Waals surface area contributed by atoms with Crippen LogP contribution in [0.15, 0.2) is 12.1 Å². The number of aryl methyl sites for hydroxylation is 1. The van der Waals surface area contributed by atoms with Crippen molar-refractivity contribution in [3.63, 3.8) is 0 Å². The molecule has 0 spiro atoms. The molecule has 0 aliphatic rings. The molecular weight excluding hydrogens is 206 g/mol. The molecule has 0 aliphatic carbocycles. The van der Waals surface area contributed by atoms with Gasteiger partial charge in [-0.25, -0.2) is 8.78 Å². The van der Waals surface area contributed by atoms with Crippen LogP contribution in [-0.2, 0) is 4.79 Å². The molecule has 0 radical (unpaired) electrons. The van der Waals surface area contributed by atoms with Gasteiger partial charge in [0.25, 0.3) is 0 Å². The van der Waals surface area contributed by atoms with E-state index in [1.54, 1.807) is 0 Å². The van der Waals surface area contributed by atoms with Gasteiger partial charge in [0.2, 0.25) is 0 Å². The molecule has 82 valence electrons. The summed E-state index contributed by atoms with van der Waals surface area (Å²) in [6.07, 6.45) is -2.39. The van der Waals surface area contributed by atoms with Crippen LogP contribution >= 0.6 is 0 Å². The van der Waals surface area contributed by atoms with Crippen LogP contribution in [-0.4, -0.2) is 16.2 Å². The molecule has 0 aliphatic heterocycles. The highest BCUT2D eigenvalue weighted by Crippen LogP contribution is 2.25. The lowest BCUT2D eigenvalue weighted by Crippen LogP contribution is -2.10. The third kappa shape index (κ3) is 2.50. The molecule has 5 heteroatoms. The van der Waals surface area contributed by atoms with Gasteiger partial charge in [-0.1, -0.05) is 6.07 Å². The van der Waals surface area contributed by atoms with Gasteiger partial charge in [0, 0.05) is 0 Å². The third-order valence-electron chi connectivity index (χ3n) is 2.02. The van der Waals surface area contributed by atoms with Gasteiger partial charge in [-0.2, -0.15) is 0 Å². The number of aliphatic hydroxyl groups is 1. The average molecular weight is 216 g/mol. The minimum Gasteiger partial charge on any atom is -0.481 e. The Bertz CT molecular complexity index is 390. The van der Waals surface area contributed by atoms with Gasteiger partial charge < -0.3 is 10.2 Å². The second-order valence-corrected chi connectivity index (χ2v) is 3.21. The minimum absolute atomic E-state index is 0.163. The molecule has 0 bridgehead atoms. The molecule has 0 saturated carbocycles. The maximum Gasteiger partial charge on any atom is 0.306 e. The molecule has 1 atom stereocenters. The van der Waals surface area contributed by atoms with Crippen molar-refractivity contribution in [2.75, 3.05) is 0 Å². The first-order valence-electron chi connectivity index (χ1n) is 4.28. The van der Waals surface area contributed by atoms with Gasteiger partial charge in [0.15, 0.2) is 0 Å². The number of halogens is 2. The summed E-state index contributed by atoms with van der Waals surface area (Å²) >= 11 is 0. The largest absolute Gasteiger partial charge is 0.481 e. The Hall–Kier alpha value is -1.49. The first-order chi connectivity index (χ1) is 6.93. The molecule has 0 unspecified atom stereocenters. The summed E-state index contributed by atoms with van der Waals surface area (Å²) in [7, 11) is 0. The number of hydrogen-bond acceptors (Lipinski definition) is 2. The van der Waals surface area contributed by atoms with E-state index in [0.29, 0.717) is 0 Å². The smallest absolute Gasteiger partial charge is 0.306 e. The summed E-state index contributed by atoms with van der Waals surface area (Å²) < 4.78 is 26.5. The molecule has 1 rings (SSSR count). The van der Waals surface area contributed by atoms with Gasteiger partial charge >= 0.3 is 5.97 Å². The Morgan fingerprint density at radius 3 is 2.60 bits per heavy atom. The van der Waals surface area contributed by atoms with Crippen molar-refractivity contribution in [2.24, 2.45) is 0 Å². The van der Waals surface area contributed by atoms with E-state index in [-0.39, 0.29) is 5.56 Å². The number of carboxylic acids is 1. The standard InChI is InChI=1S/C10H10F2O3/c1-5-2-3-6(11)9(10(5)12)7(13)4-8(14)15/h2-3,7,13H,4H2,1H3,(H,14,15)/t7-/m1/s1. The lowest BCUT2D eigenvalue weighted by atomic mass is 10.0. The Labute approximate surface area is 85.0 Å². The molecule has 0 amide bonds. The number of benzene rings is 1. The molecule has 0 aromatic heterocycles. The van der Waals surface area contributed by atoms with Crippen LogP contribution < -0.4 is 0 Å². The second kappa shape index (κ2) is 4.35. The molecule has 1 aromatic rings. The summed E-state index contributed by atoms with van der Waals surface area (Å²) in [5.74, 6) is -3.15. The van der Waals surface area contributed by atoms with Crippen molar-refractivity contribution in [1.29, 1.82) is 0 Å². The van der Waals surface area contributed by atoms with Gasteiger partial charge in [-0.3, -0.25) is 4.79 Å². The molecular formula is C10H10F2O3. The zero-order chi connectivity index (χ0) is 11.6. The molecule has 2 N–H and O–H groups in total. The number of aliphatic carboxylic acids is 1. The fourth-order valence-corrected chi connectivity index (χ4v) is 1.25. The minimum atomic E-state index is -1.66. The van der Waals surface area contributed by atoms with Crippen LogP contribution in [0.1, 0.15) is 23.7 Å². The van der Waals surface area contributed by atoms with Gasteiger partial charge in [-0.15, -0.1) is 0 Å². The topological polar surface area (TPSA) is 57.5 Å². The quantitative estimate of drug-likeness (QED) is 0.809. The number of rotatable bonds is 3. The monoisotopic (exact) mass is 216 g/mol. The van der Waals surface area contributed by atoms with Crippen molar-refractivity contribution in [2.45, 2.75) is 19.4 Å². The molecule has 1 aromatic carbocycles. The van der Waals surface area contributed by atoms with Crippen molar-refractivity contribution < 1.29 is 23.8 Å².